The van der Waals surface area contributed by atoms with Crippen molar-refractivity contribution in [2.75, 3.05) is 46.0 Å². The van der Waals surface area contributed by atoms with Crippen LogP contribution >= 0.6 is 0 Å². The molecule has 5 rings (SSSR count). The Bertz CT molecular complexity index is 4830. The number of carbonyl (C=O) groups is 19. The fraction of sp³-hybridized carbons (Fsp3) is 0.522. The van der Waals surface area contributed by atoms with E-state index in [9.17, 15) is 127 Å². The van der Waals surface area contributed by atoms with Crippen LogP contribution < -0.4 is 102 Å². The van der Waals surface area contributed by atoms with Crippen LogP contribution in [0.15, 0.2) is 109 Å². The number of carboxylic acids is 2. The number of hydrogen-bond donors (Lipinski definition) is 27. The first-order valence-electron chi connectivity index (χ1n) is 44.9. The highest BCUT2D eigenvalue weighted by molar-refractivity contribution is 6.02. The molecule has 1 saturated heterocycles. The van der Waals surface area contributed by atoms with Crippen LogP contribution in [0, 0.1) is 29.1 Å². The van der Waals surface area contributed by atoms with Crippen molar-refractivity contribution in [3.8, 4) is 5.75 Å². The normalized spacial score (nSPS) is 15.5. The van der Waals surface area contributed by atoms with Gasteiger partial charge in [-0.05, 0) is 117 Å². The summed E-state index contributed by atoms with van der Waals surface area (Å²) in [6.45, 7) is 10.3. The highest BCUT2D eigenvalue weighted by Crippen LogP contribution is 2.23. The fourth-order valence-electron chi connectivity index (χ4n) is 14.1. The number of nitrogens with zero attached hydrogens (tertiary/aromatic N) is 2. The highest BCUT2D eigenvalue weighted by atomic mass is 16.4. The zero-order valence-electron chi connectivity index (χ0n) is 78.3. The van der Waals surface area contributed by atoms with Gasteiger partial charge in [-0.25, -0.2) is 10.2 Å². The van der Waals surface area contributed by atoms with E-state index < -0.39 is 279 Å². The molecule has 0 bridgehead atoms. The molecule has 0 radical (unpaired) electrons. The van der Waals surface area contributed by atoms with Gasteiger partial charge in [0.15, 0.2) is 5.96 Å². The van der Waals surface area contributed by atoms with Crippen LogP contribution in [-0.2, 0) is 106 Å². The van der Waals surface area contributed by atoms with Gasteiger partial charge in [0.25, 0.3) is 5.91 Å². The highest BCUT2D eigenvalue weighted by Gasteiger charge is 2.43. The minimum absolute atomic E-state index is 0.0132. The minimum Gasteiger partial charge on any atom is -0.508 e. The number of phenols is 1. The van der Waals surface area contributed by atoms with Gasteiger partial charge in [0.1, 0.15) is 96.4 Å². The SMILES string of the molecule is CC(C)C[C@H](NC(=O)[C@H](CO)NC(=O)[C@@H](NC(=O)[C@@H](NC(=O)[C@H](CCCNC(=N)N)NC(=O)[C@@H](NC(=O)[C@H](Cc1ccccc1)NC(=O)[C@H](CO)NC(=O)CNC(=O)[C@H](Cc1ccc(O)cc1)NC(=O)[C@H](C)NC(=O)[C@H](Cc1ccccc1)NC(=O)[C@H](CCC(=O)O)NC(=O)[C@H](CO)NC(=O)CNNC(=O)c1ccncc1)C(C)C)[C@@H](C)O)C(C)C)C(=O)N1CCC[C@H]1C(=O)N[C@H](C(=O)O)C(C)C. The number of aromatic hydroxyl groups is 1. The summed E-state index contributed by atoms with van der Waals surface area (Å²) in [5.74, 6) is -22.8. The number of nitrogens with one attached hydrogen (secondary N) is 19. The quantitative estimate of drug-likeness (QED) is 0.00845. The number of amides is 17. The zero-order valence-corrected chi connectivity index (χ0v) is 78.3. The first-order chi connectivity index (χ1) is 65.2. The van der Waals surface area contributed by atoms with Crippen molar-refractivity contribution in [3.63, 3.8) is 0 Å². The molecule has 28 N–H and O–H groups in total. The van der Waals surface area contributed by atoms with E-state index in [2.05, 4.69) is 101 Å². The number of nitrogens with two attached hydrogens (primary N) is 1. The second-order valence-electron chi connectivity index (χ2n) is 34.4. The predicted octanol–water partition coefficient (Wildman–Crippen LogP) is -6.75. The van der Waals surface area contributed by atoms with E-state index >= 15 is 0 Å². The Labute approximate surface area is 796 Å². The van der Waals surface area contributed by atoms with E-state index in [1.807, 2.05) is 0 Å². The minimum atomic E-state index is -1.90. The maximum Gasteiger partial charge on any atom is 0.326 e. The van der Waals surface area contributed by atoms with Crippen molar-refractivity contribution >= 4 is 118 Å². The number of carboxylic acid groups (broad SMARTS) is 2. The van der Waals surface area contributed by atoms with Gasteiger partial charge >= 0.3 is 11.9 Å². The summed E-state index contributed by atoms with van der Waals surface area (Å²) in [7, 11) is 0. The number of aliphatic hydroxyl groups is 4. The first-order valence-corrected chi connectivity index (χ1v) is 44.9. The lowest BCUT2D eigenvalue weighted by Crippen LogP contribution is -2.63. The van der Waals surface area contributed by atoms with Crippen molar-refractivity contribution in [1.82, 2.24) is 106 Å². The van der Waals surface area contributed by atoms with Crippen LogP contribution in [0.25, 0.3) is 0 Å². The number of aliphatic hydroxyl groups excluding tert-OH is 4. The maximum atomic E-state index is 14.7. The van der Waals surface area contributed by atoms with Crippen LogP contribution in [0.3, 0.4) is 0 Å². The van der Waals surface area contributed by atoms with Crippen molar-refractivity contribution in [3.05, 3.63) is 132 Å². The number of phenolic OH excluding ortho intramolecular Hbond substituents is 1. The largest absolute Gasteiger partial charge is 0.508 e. The van der Waals surface area contributed by atoms with E-state index in [-0.39, 0.29) is 75.3 Å². The number of likely N-dealkylation sites (tertiary alicyclic amines) is 1. The third-order valence-electron chi connectivity index (χ3n) is 21.7. The summed E-state index contributed by atoms with van der Waals surface area (Å²) < 4.78 is 0. The molecule has 48 nitrogen and oxygen atoms in total. The number of rotatable bonds is 57. The van der Waals surface area contributed by atoms with Gasteiger partial charge in [0.05, 0.1) is 39.0 Å². The van der Waals surface area contributed by atoms with Crippen LogP contribution in [0.4, 0.5) is 0 Å². The molecule has 4 aromatic rings. The third-order valence-corrected chi connectivity index (χ3v) is 21.7. The Morgan fingerprint density at radius 1 is 0.442 bits per heavy atom. The predicted molar refractivity (Wildman–Crippen MR) is 493 cm³/mol. The number of aromatic nitrogens is 1. The van der Waals surface area contributed by atoms with Crippen molar-refractivity contribution in [2.45, 2.75) is 230 Å². The van der Waals surface area contributed by atoms with Gasteiger partial charge in [0, 0.05) is 56.7 Å². The van der Waals surface area contributed by atoms with Gasteiger partial charge in [-0.1, -0.05) is 128 Å². The maximum absolute atomic E-state index is 14.7. The van der Waals surface area contributed by atoms with Crippen molar-refractivity contribution < 1.29 is 127 Å². The first kappa shape index (κ1) is 114. The average Bonchev–Trinajstić information content (AvgIpc) is 1.64. The molecule has 138 heavy (non-hydrogen) atoms. The second kappa shape index (κ2) is 57.5. The Hall–Kier alpha value is -14.4. The molecule has 17 amide bonds. The van der Waals surface area contributed by atoms with E-state index in [0.29, 0.717) is 23.1 Å². The number of guanidine groups is 1. The van der Waals surface area contributed by atoms with Gasteiger partial charge < -0.3 is 131 Å². The Kier molecular flexibility index (Phi) is 47.5. The number of hydrazine groups is 1. The lowest BCUT2D eigenvalue weighted by Gasteiger charge is -2.31. The molecular formula is C90H130N22O26. The lowest BCUT2D eigenvalue weighted by molar-refractivity contribution is -0.146. The molecule has 756 valence electrons. The smallest absolute Gasteiger partial charge is 0.326 e. The summed E-state index contributed by atoms with van der Waals surface area (Å²) in [4.78, 5) is 267. The van der Waals surface area contributed by atoms with Gasteiger partial charge in [-0.3, -0.25) is 102 Å². The topological polar surface area (TPSA) is 748 Å². The van der Waals surface area contributed by atoms with Crippen LogP contribution in [0.2, 0.25) is 0 Å². The Balaban J connectivity index is 1.28. The molecule has 48 heteroatoms. The lowest BCUT2D eigenvalue weighted by atomic mass is 9.99. The molecule has 16 atom stereocenters. The number of aliphatic carboxylic acids is 2. The van der Waals surface area contributed by atoms with E-state index in [0.717, 1.165) is 6.92 Å². The van der Waals surface area contributed by atoms with Gasteiger partial charge in [-0.2, -0.15) is 0 Å². The molecule has 2 heterocycles. The molecule has 1 aliphatic heterocycles. The van der Waals surface area contributed by atoms with Crippen molar-refractivity contribution in [1.29, 1.82) is 5.41 Å². The molecule has 0 saturated carbocycles. The molecule has 1 fully saturated rings. The van der Waals surface area contributed by atoms with Crippen LogP contribution in [0.5, 0.6) is 5.75 Å². The van der Waals surface area contributed by atoms with Gasteiger partial charge in [-0.15, -0.1) is 0 Å². The number of benzene rings is 3. The summed E-state index contributed by atoms with van der Waals surface area (Å²) in [6.07, 6.45) is -1.00. The van der Waals surface area contributed by atoms with Gasteiger partial charge in [0.2, 0.25) is 94.5 Å². The summed E-state index contributed by atoms with van der Waals surface area (Å²) >= 11 is 0. The molecule has 1 aromatic heterocycles. The monoisotopic (exact) mass is 1930 g/mol. The molecule has 3 aromatic carbocycles. The van der Waals surface area contributed by atoms with E-state index in [1.165, 1.54) is 88.3 Å². The Morgan fingerprint density at radius 2 is 0.855 bits per heavy atom. The zero-order chi connectivity index (χ0) is 103. The summed E-state index contributed by atoms with van der Waals surface area (Å²) in [6, 6.07) is 0.358. The van der Waals surface area contributed by atoms with Crippen LogP contribution in [-0.4, -0.2) is 307 Å². The molecule has 0 spiro atoms. The third kappa shape index (κ3) is 38.4. The molecule has 1 aliphatic rings. The molecular weight excluding hydrogens is 1810 g/mol. The number of hydrogen-bond acceptors (Lipinski definition) is 27. The molecule has 0 unspecified atom stereocenters. The second-order valence-corrected chi connectivity index (χ2v) is 34.4. The molecule has 0 aliphatic carbocycles. The average molecular weight is 1940 g/mol. The Morgan fingerprint density at radius 3 is 1.34 bits per heavy atom. The fourth-order valence-corrected chi connectivity index (χ4v) is 14.1. The summed E-state index contributed by atoms with van der Waals surface area (Å²) in [5.41, 5.74) is 11.6. The number of carbonyl (C=O) groups excluding carboxylic acids is 17. The van der Waals surface area contributed by atoms with Crippen LogP contribution in [0.1, 0.15) is 141 Å². The van der Waals surface area contributed by atoms with E-state index in [1.54, 1.807) is 88.4 Å². The number of pyridine rings is 1. The standard InChI is InChI=1S/C90H130N22O26/c1-46(2)37-62(88(136)112-36-18-24-66(112)84(132)109-72(49(7)8)89(137)138)105-83(131)65(45-115)106-86(134)71(48(5)6)108-87(135)73(51(10)116)110-78(126)57(23-17-33-94-90(91)92)101-85(133)70(47(3)4)107-80(128)61(39-53-21-15-12-16-22-53)104-82(130)64(44-114)98-67(118)41-95-76(124)59(40-54-25-27-56(117)28-26-54)102-74(122)50(9)97-79(127)60(38-52-19-13-11-14-20-52)103-77(125)58(29-30-69(120)121)100-81(129)63(43-113)99-68(119)42-96-111-75(123)55-31-34-93-35-32-55/h11-16,19-22,25-28,31-32,34-35,46-51,57-66,70-73,96,113-117H,17-18,23-24,29-30,33,36-45H2,1-10H3,(H,95,124)(H,97,127)(H,98,118)(H,99,119)(H,100,129)(H,101,133)(H,102,122)(H,103,125)(H,104,130)(H,105,131)(H,106,134)(H,107,128)(H,108,135)(H,109,132)(H,110,126)(H,111,123)(H,120,121)(H,137,138)(H4,91,92,94)/t50-,51+,57-,58-,59-,60-,61-,62-,63-,64-,65-,66-,70-,71-,72-,73-/m0/s1. The van der Waals surface area contributed by atoms with Crippen molar-refractivity contribution in [2.24, 2.45) is 29.4 Å². The van der Waals surface area contributed by atoms with E-state index in [4.69, 9.17) is 11.1 Å². The summed E-state index contributed by atoms with van der Waals surface area (Å²) in [5, 5.41) is 119.